The van der Waals surface area contributed by atoms with Crippen molar-refractivity contribution in [3.63, 3.8) is 0 Å². The molecule has 0 bridgehead atoms. The second-order valence-electron chi connectivity index (χ2n) is 4.83. The largest absolute Gasteiger partial charge is 0.512 e. The van der Waals surface area contributed by atoms with Crippen molar-refractivity contribution >= 4 is 18.1 Å². The molecule has 0 spiro atoms. The topological polar surface area (TPSA) is 88.1 Å². The predicted molar refractivity (Wildman–Crippen MR) is 88.7 cm³/mol. The minimum atomic E-state index is -2.14. The monoisotopic (exact) mass is 356 g/mol. The van der Waals surface area contributed by atoms with E-state index in [9.17, 15) is 14.4 Å². The van der Waals surface area contributed by atoms with Crippen LogP contribution in [-0.2, 0) is 28.5 Å². The molecule has 7 heteroatoms. The summed E-state index contributed by atoms with van der Waals surface area (Å²) in [4.78, 5) is 36.5. The molecule has 0 fully saturated rings. The number of rotatable bonds is 8. The Balaban J connectivity index is 3.07. The van der Waals surface area contributed by atoms with Crippen molar-refractivity contribution in [3.8, 4) is 48.4 Å². The molecule has 0 unspecified atom stereocenters. The van der Waals surface area contributed by atoms with Crippen molar-refractivity contribution in [3.05, 3.63) is 0 Å². The Labute approximate surface area is 151 Å². The molecule has 0 aromatic heterocycles. The van der Waals surface area contributed by atoms with Gasteiger partial charge in [-0.05, 0) is 37.5 Å². The second-order valence-corrected chi connectivity index (χ2v) is 4.83. The molecule has 0 radical (unpaired) electrons. The van der Waals surface area contributed by atoms with Gasteiger partial charge in [-0.15, -0.1) is 24.7 Å². The van der Waals surface area contributed by atoms with Crippen LogP contribution in [0.3, 0.4) is 0 Å². The van der Waals surface area contributed by atoms with E-state index >= 15 is 0 Å². The number of terminal acetylenes is 2. The summed E-state index contributed by atoms with van der Waals surface area (Å²) in [6.45, 7) is 3.15. The maximum atomic E-state index is 12.3. The average Bonchev–Trinajstić information content (AvgIpc) is 3.05. The highest BCUT2D eigenvalue weighted by atomic mass is 16.8. The van der Waals surface area contributed by atoms with Crippen LogP contribution in [0.2, 0.25) is 0 Å². The van der Waals surface area contributed by atoms with Gasteiger partial charge in [0.05, 0.1) is 26.1 Å². The Morgan fingerprint density at radius 2 is 1.54 bits per heavy atom. The van der Waals surface area contributed by atoms with Gasteiger partial charge in [-0.25, -0.2) is 14.4 Å². The van der Waals surface area contributed by atoms with Gasteiger partial charge in [0.15, 0.2) is 0 Å². The van der Waals surface area contributed by atoms with Gasteiger partial charge in [0.25, 0.3) is 0 Å². The van der Waals surface area contributed by atoms with Crippen molar-refractivity contribution in [1.29, 1.82) is 0 Å². The van der Waals surface area contributed by atoms with Gasteiger partial charge in [-0.2, -0.15) is 0 Å². The Morgan fingerprint density at radius 1 is 1.00 bits per heavy atom. The summed E-state index contributed by atoms with van der Waals surface area (Å²) in [5.41, 5.74) is -4.09. The normalized spacial score (nSPS) is 12.8. The van der Waals surface area contributed by atoms with Gasteiger partial charge < -0.3 is 18.9 Å². The second kappa shape index (κ2) is 9.07. The number of hydrogen-bond donors (Lipinski definition) is 0. The van der Waals surface area contributed by atoms with Gasteiger partial charge >= 0.3 is 23.7 Å². The van der Waals surface area contributed by atoms with Crippen LogP contribution >= 0.6 is 0 Å². The summed E-state index contributed by atoms with van der Waals surface area (Å²) in [7, 11) is 0. The standard InChI is InChI=1S/C19H16O7/c1-5-11-18(12-6-2,15(20)23-7-3)25-17(22)26-19(13-9-10-14-19)16(21)24-8-4/h1-2H,7-8,11-12H2,3-4H3. The van der Waals surface area contributed by atoms with Crippen molar-refractivity contribution in [1.82, 2.24) is 0 Å². The molecular weight excluding hydrogens is 340 g/mol. The molecule has 0 saturated heterocycles. The Bertz CT molecular complexity index is 750. The van der Waals surface area contributed by atoms with Crippen LogP contribution in [0.25, 0.3) is 0 Å². The molecule has 1 aliphatic rings. The zero-order chi connectivity index (χ0) is 19.6. The number of esters is 2. The van der Waals surface area contributed by atoms with Gasteiger partial charge in [-0.1, -0.05) is 0 Å². The lowest BCUT2D eigenvalue weighted by Gasteiger charge is -2.28. The first-order chi connectivity index (χ1) is 12.4. The van der Waals surface area contributed by atoms with Crippen molar-refractivity contribution < 1.29 is 33.3 Å². The molecule has 0 atom stereocenters. The molecule has 7 nitrogen and oxygen atoms in total. The Morgan fingerprint density at radius 3 is 2.00 bits per heavy atom. The molecule has 0 N–H and O–H groups in total. The van der Waals surface area contributed by atoms with Crippen LogP contribution in [0.5, 0.6) is 0 Å². The minimum Gasteiger partial charge on any atom is -0.463 e. The fraction of sp³-hybridized carbons (Fsp3) is 0.421. The maximum Gasteiger partial charge on any atom is 0.512 e. The molecule has 1 rings (SSSR count). The number of ether oxygens (including phenoxy) is 4. The highest BCUT2D eigenvalue weighted by Gasteiger charge is 2.48. The van der Waals surface area contributed by atoms with E-state index in [0.29, 0.717) is 0 Å². The molecule has 0 aromatic rings. The lowest BCUT2D eigenvalue weighted by Crippen LogP contribution is -2.48. The van der Waals surface area contributed by atoms with Crippen LogP contribution in [0.4, 0.5) is 4.79 Å². The van der Waals surface area contributed by atoms with Gasteiger partial charge in [0, 0.05) is 0 Å². The maximum absolute atomic E-state index is 12.3. The van der Waals surface area contributed by atoms with Gasteiger partial charge in [-0.3, -0.25) is 0 Å². The summed E-state index contributed by atoms with van der Waals surface area (Å²) in [6.07, 6.45) is 8.39. The molecule has 0 aliphatic heterocycles. The molecular formula is C19H16O7. The molecule has 0 saturated carbocycles. The third-order valence-electron chi connectivity index (χ3n) is 3.04. The summed E-state index contributed by atoms with van der Waals surface area (Å²) in [5.74, 6) is 11.8. The lowest BCUT2D eigenvalue weighted by atomic mass is 9.96. The predicted octanol–water partition coefficient (Wildman–Crippen LogP) is 0.810. The van der Waals surface area contributed by atoms with Crippen LogP contribution in [-0.4, -0.2) is 42.5 Å². The molecule has 0 amide bonds. The lowest BCUT2D eigenvalue weighted by molar-refractivity contribution is -0.170. The number of carbonyl (C=O) groups is 3. The third-order valence-corrected chi connectivity index (χ3v) is 3.04. The third kappa shape index (κ3) is 4.50. The van der Waals surface area contributed by atoms with E-state index in [0.717, 1.165) is 0 Å². The van der Waals surface area contributed by atoms with E-state index in [1.54, 1.807) is 13.8 Å². The Hall–Kier alpha value is -3.55. The average molecular weight is 356 g/mol. The van der Waals surface area contributed by atoms with Crippen molar-refractivity contribution in [2.45, 2.75) is 37.9 Å². The van der Waals surface area contributed by atoms with Gasteiger partial charge in [0.2, 0.25) is 5.60 Å². The fourth-order valence-corrected chi connectivity index (χ4v) is 1.92. The first-order valence-electron chi connectivity index (χ1n) is 7.57. The zero-order valence-corrected chi connectivity index (χ0v) is 14.3. The number of hydrogen-bond acceptors (Lipinski definition) is 7. The Kier molecular flexibility index (Phi) is 7.15. The zero-order valence-electron chi connectivity index (χ0n) is 14.3. The van der Waals surface area contributed by atoms with Gasteiger partial charge in [0.1, 0.15) is 0 Å². The van der Waals surface area contributed by atoms with E-state index in [4.69, 9.17) is 31.8 Å². The van der Waals surface area contributed by atoms with E-state index in [1.165, 1.54) is 0 Å². The summed E-state index contributed by atoms with van der Waals surface area (Å²) in [5, 5.41) is 0. The fourth-order valence-electron chi connectivity index (χ4n) is 1.92. The molecule has 0 heterocycles. The van der Waals surface area contributed by atoms with E-state index in [1.807, 2.05) is 0 Å². The SMILES string of the molecule is C#CCC(CC#C)(OC(=O)OC1(C(=O)OCC)C#CC#C1)C(=O)OCC. The van der Waals surface area contributed by atoms with Crippen LogP contribution in [0.1, 0.15) is 26.7 Å². The van der Waals surface area contributed by atoms with Crippen LogP contribution < -0.4 is 0 Å². The quantitative estimate of drug-likeness (QED) is 0.361. The minimum absolute atomic E-state index is 0.0118. The van der Waals surface area contributed by atoms with E-state index in [2.05, 4.69) is 35.5 Å². The summed E-state index contributed by atoms with van der Waals surface area (Å²) < 4.78 is 19.7. The molecule has 0 aromatic carbocycles. The molecule has 26 heavy (non-hydrogen) atoms. The van der Waals surface area contributed by atoms with E-state index in [-0.39, 0.29) is 26.1 Å². The first kappa shape index (κ1) is 20.5. The first-order valence-corrected chi connectivity index (χ1v) is 7.57. The molecule has 1 aliphatic carbocycles. The highest BCUT2D eigenvalue weighted by Crippen LogP contribution is 2.25. The van der Waals surface area contributed by atoms with Crippen LogP contribution in [0.15, 0.2) is 0 Å². The highest BCUT2D eigenvalue weighted by molar-refractivity contribution is 5.92. The van der Waals surface area contributed by atoms with Crippen molar-refractivity contribution in [2.75, 3.05) is 13.2 Å². The van der Waals surface area contributed by atoms with Crippen molar-refractivity contribution in [2.24, 2.45) is 0 Å². The van der Waals surface area contributed by atoms with E-state index < -0.39 is 29.3 Å². The smallest absolute Gasteiger partial charge is 0.463 e. The van der Waals surface area contributed by atoms with Crippen LogP contribution in [0, 0.1) is 48.4 Å². The molecule has 134 valence electrons. The number of carbonyl (C=O) groups excluding carboxylic acids is 3. The summed E-state index contributed by atoms with van der Waals surface area (Å²) >= 11 is 0. The summed E-state index contributed by atoms with van der Waals surface area (Å²) in [6, 6.07) is 0.